The van der Waals surface area contributed by atoms with Crippen LogP contribution in [0.2, 0.25) is 0 Å². The van der Waals surface area contributed by atoms with E-state index in [1.54, 1.807) is 6.33 Å². The van der Waals surface area contributed by atoms with Gasteiger partial charge in [-0.1, -0.05) is 36.0 Å². The second kappa shape index (κ2) is 7.19. The van der Waals surface area contributed by atoms with Crippen molar-refractivity contribution in [2.24, 2.45) is 0 Å². The lowest BCUT2D eigenvalue weighted by Crippen LogP contribution is -2.31. The number of hydrogen-bond acceptors (Lipinski definition) is 4. The normalized spacial score (nSPS) is 13.1. The minimum absolute atomic E-state index is 0.114. The molecule has 27 heavy (non-hydrogen) atoms. The molecule has 5 nitrogen and oxygen atoms in total. The number of carbonyl (C=O) groups excluding carboxylic acids is 1. The van der Waals surface area contributed by atoms with E-state index < -0.39 is 0 Å². The molecule has 1 aliphatic heterocycles. The van der Waals surface area contributed by atoms with Crippen molar-refractivity contribution in [2.45, 2.75) is 32.3 Å². The molecule has 0 saturated heterocycles. The number of fused-ring (bicyclic) bond motifs is 1. The van der Waals surface area contributed by atoms with Crippen molar-refractivity contribution in [3.63, 3.8) is 0 Å². The van der Waals surface area contributed by atoms with Crippen LogP contribution < -0.4 is 4.90 Å². The van der Waals surface area contributed by atoms with Gasteiger partial charge in [-0.05, 0) is 61.6 Å². The van der Waals surface area contributed by atoms with Gasteiger partial charge in [0.25, 0.3) is 0 Å². The number of benzene rings is 2. The Kier molecular flexibility index (Phi) is 4.74. The van der Waals surface area contributed by atoms with Crippen LogP contribution >= 0.6 is 11.8 Å². The van der Waals surface area contributed by atoms with Crippen LogP contribution in [0.15, 0.2) is 47.9 Å². The summed E-state index contributed by atoms with van der Waals surface area (Å²) in [7, 11) is 0. The zero-order valence-electron chi connectivity index (χ0n) is 15.8. The van der Waals surface area contributed by atoms with Crippen molar-refractivity contribution in [1.82, 2.24) is 14.8 Å². The van der Waals surface area contributed by atoms with Gasteiger partial charge in [-0.3, -0.25) is 9.36 Å². The SMILES string of the molecule is Cc1ccc(-n2cnnc2SCC(=O)N2CCc3cccc(C)c32)cc1C. The van der Waals surface area contributed by atoms with Crippen LogP contribution in [-0.4, -0.2) is 33.0 Å². The highest BCUT2D eigenvalue weighted by Crippen LogP contribution is 2.32. The van der Waals surface area contributed by atoms with Gasteiger partial charge in [0.15, 0.2) is 5.16 Å². The highest BCUT2D eigenvalue weighted by atomic mass is 32.2. The van der Waals surface area contributed by atoms with Gasteiger partial charge < -0.3 is 4.90 Å². The van der Waals surface area contributed by atoms with E-state index in [1.807, 2.05) is 9.47 Å². The minimum atomic E-state index is 0.114. The fraction of sp³-hybridized carbons (Fsp3) is 0.286. The van der Waals surface area contributed by atoms with Crippen molar-refractivity contribution < 1.29 is 4.79 Å². The summed E-state index contributed by atoms with van der Waals surface area (Å²) in [6.45, 7) is 7.00. The maximum atomic E-state index is 12.8. The van der Waals surface area contributed by atoms with Gasteiger partial charge in [-0.2, -0.15) is 0 Å². The molecule has 3 aromatic rings. The number of anilines is 1. The van der Waals surface area contributed by atoms with Gasteiger partial charge in [0.2, 0.25) is 5.91 Å². The summed E-state index contributed by atoms with van der Waals surface area (Å²) >= 11 is 1.43. The Morgan fingerprint density at radius 2 is 1.96 bits per heavy atom. The van der Waals surface area contributed by atoms with Crippen molar-refractivity contribution in [3.05, 3.63) is 65.0 Å². The van der Waals surface area contributed by atoms with Gasteiger partial charge in [-0.15, -0.1) is 10.2 Å². The molecule has 138 valence electrons. The zero-order chi connectivity index (χ0) is 19.0. The Morgan fingerprint density at radius 3 is 2.78 bits per heavy atom. The van der Waals surface area contributed by atoms with Crippen LogP contribution in [0.5, 0.6) is 0 Å². The summed E-state index contributed by atoms with van der Waals surface area (Å²) in [6, 6.07) is 12.5. The highest BCUT2D eigenvalue weighted by molar-refractivity contribution is 7.99. The molecule has 1 aromatic heterocycles. The topological polar surface area (TPSA) is 51.0 Å². The number of para-hydroxylation sites is 1. The number of aryl methyl sites for hydroxylation is 3. The molecule has 6 heteroatoms. The molecule has 1 aliphatic rings. The second-order valence-corrected chi connectivity index (χ2v) is 7.86. The Labute approximate surface area is 163 Å². The summed E-state index contributed by atoms with van der Waals surface area (Å²) in [4.78, 5) is 14.8. The Balaban J connectivity index is 1.50. The number of rotatable bonds is 4. The van der Waals surface area contributed by atoms with Gasteiger partial charge in [-0.25, -0.2) is 0 Å². The van der Waals surface area contributed by atoms with Crippen LogP contribution in [0.1, 0.15) is 22.3 Å². The average molecular weight is 379 g/mol. The van der Waals surface area contributed by atoms with E-state index in [2.05, 4.69) is 67.4 Å². The quantitative estimate of drug-likeness (QED) is 0.647. The lowest BCUT2D eigenvalue weighted by Gasteiger charge is -2.19. The Hall–Kier alpha value is -2.60. The number of hydrogen-bond donors (Lipinski definition) is 0. The fourth-order valence-corrected chi connectivity index (χ4v) is 4.29. The monoisotopic (exact) mass is 378 g/mol. The molecule has 0 fully saturated rings. The first-order chi connectivity index (χ1) is 13.0. The number of carbonyl (C=O) groups is 1. The summed E-state index contributed by atoms with van der Waals surface area (Å²) in [5, 5.41) is 8.99. The van der Waals surface area contributed by atoms with Crippen LogP contribution in [0.25, 0.3) is 5.69 Å². The molecule has 2 aromatic carbocycles. The van der Waals surface area contributed by atoms with E-state index in [-0.39, 0.29) is 5.91 Å². The molecule has 0 bridgehead atoms. The number of amides is 1. The van der Waals surface area contributed by atoms with E-state index in [9.17, 15) is 4.79 Å². The first-order valence-electron chi connectivity index (χ1n) is 9.04. The third-order valence-corrected chi connectivity index (χ3v) is 6.03. The number of aromatic nitrogens is 3. The van der Waals surface area contributed by atoms with Crippen molar-refractivity contribution in [1.29, 1.82) is 0 Å². The molecular weight excluding hydrogens is 356 g/mol. The summed E-state index contributed by atoms with van der Waals surface area (Å²) in [5.41, 5.74) is 6.98. The predicted molar refractivity (Wildman–Crippen MR) is 109 cm³/mol. The van der Waals surface area contributed by atoms with E-state index in [0.29, 0.717) is 5.75 Å². The van der Waals surface area contributed by atoms with Gasteiger partial charge in [0.1, 0.15) is 6.33 Å². The molecule has 0 unspecified atom stereocenters. The summed E-state index contributed by atoms with van der Waals surface area (Å²) < 4.78 is 1.94. The van der Waals surface area contributed by atoms with Crippen LogP contribution in [-0.2, 0) is 11.2 Å². The Morgan fingerprint density at radius 1 is 1.11 bits per heavy atom. The minimum Gasteiger partial charge on any atom is -0.311 e. The molecule has 0 saturated carbocycles. The molecule has 0 spiro atoms. The standard InChI is InChI=1S/C21H22N4OS/c1-14-7-8-18(11-16(14)3)25-13-22-23-21(25)27-12-19(26)24-10-9-17-6-4-5-15(2)20(17)24/h4-8,11,13H,9-10,12H2,1-3H3. The smallest absolute Gasteiger partial charge is 0.237 e. The van der Waals surface area contributed by atoms with Crippen LogP contribution in [0.4, 0.5) is 5.69 Å². The van der Waals surface area contributed by atoms with E-state index in [4.69, 9.17) is 0 Å². The average Bonchev–Trinajstić information content (AvgIpc) is 3.29. The van der Waals surface area contributed by atoms with E-state index >= 15 is 0 Å². The lowest BCUT2D eigenvalue weighted by atomic mass is 10.1. The Bertz CT molecular complexity index is 1010. The maximum absolute atomic E-state index is 12.8. The first kappa shape index (κ1) is 17.8. The third-order valence-electron chi connectivity index (χ3n) is 5.11. The largest absolute Gasteiger partial charge is 0.311 e. The molecule has 4 rings (SSSR count). The van der Waals surface area contributed by atoms with Gasteiger partial charge in [0.05, 0.1) is 5.75 Å². The number of nitrogens with zero attached hydrogens (tertiary/aromatic N) is 4. The van der Waals surface area contributed by atoms with Crippen molar-refractivity contribution in [2.75, 3.05) is 17.2 Å². The van der Waals surface area contributed by atoms with Crippen molar-refractivity contribution in [3.8, 4) is 5.69 Å². The highest BCUT2D eigenvalue weighted by Gasteiger charge is 2.26. The van der Waals surface area contributed by atoms with E-state index in [1.165, 1.54) is 28.5 Å². The molecule has 0 N–H and O–H groups in total. The van der Waals surface area contributed by atoms with Crippen LogP contribution in [0.3, 0.4) is 0 Å². The molecular formula is C21H22N4OS. The zero-order valence-corrected chi connectivity index (χ0v) is 16.6. The lowest BCUT2D eigenvalue weighted by molar-refractivity contribution is -0.116. The molecule has 0 atom stereocenters. The van der Waals surface area contributed by atoms with E-state index in [0.717, 1.165) is 35.1 Å². The molecule has 1 amide bonds. The predicted octanol–water partition coefficient (Wildman–Crippen LogP) is 3.87. The summed E-state index contributed by atoms with van der Waals surface area (Å²) in [5.74, 6) is 0.458. The van der Waals surface area contributed by atoms with Crippen molar-refractivity contribution >= 4 is 23.4 Å². The third kappa shape index (κ3) is 3.37. The summed E-state index contributed by atoms with van der Waals surface area (Å²) in [6.07, 6.45) is 2.62. The molecule has 0 aliphatic carbocycles. The second-order valence-electron chi connectivity index (χ2n) is 6.92. The first-order valence-corrected chi connectivity index (χ1v) is 10.0. The maximum Gasteiger partial charge on any atom is 0.237 e. The fourth-order valence-electron chi connectivity index (χ4n) is 3.48. The number of thioether (sulfide) groups is 1. The van der Waals surface area contributed by atoms with Gasteiger partial charge in [0, 0.05) is 17.9 Å². The van der Waals surface area contributed by atoms with Crippen LogP contribution in [0, 0.1) is 20.8 Å². The van der Waals surface area contributed by atoms with Gasteiger partial charge >= 0.3 is 0 Å². The molecule has 0 radical (unpaired) electrons. The molecule has 2 heterocycles.